The summed E-state index contributed by atoms with van der Waals surface area (Å²) in [6, 6.07) is 16.4. The normalized spacial score (nSPS) is 13.2. The molecule has 1 heterocycles. The number of para-hydroxylation sites is 1. The Kier molecular flexibility index (Phi) is 6.19. The SMILES string of the molecule is O=C(N[C@H](Cc1c[nH]c2ccccc12)C(=O)O)[C@@H](CS)Cc1ccccc1. The lowest BCUT2D eigenvalue weighted by molar-refractivity contribution is -0.142. The Bertz CT molecular complexity index is 923. The third kappa shape index (κ3) is 4.71. The molecule has 6 heteroatoms. The number of hydrogen-bond donors (Lipinski definition) is 4. The molecule has 0 radical (unpaired) electrons. The molecule has 2 aromatic carbocycles. The summed E-state index contributed by atoms with van der Waals surface area (Å²) in [5, 5.41) is 13.2. The molecule has 2 atom stereocenters. The van der Waals surface area contributed by atoms with E-state index in [4.69, 9.17) is 0 Å². The summed E-state index contributed by atoms with van der Waals surface area (Å²) in [6.45, 7) is 0. The largest absolute Gasteiger partial charge is 0.480 e. The van der Waals surface area contributed by atoms with E-state index in [1.807, 2.05) is 54.6 Å². The molecule has 0 saturated carbocycles. The highest BCUT2D eigenvalue weighted by Gasteiger charge is 2.25. The summed E-state index contributed by atoms with van der Waals surface area (Å²) in [5.41, 5.74) is 2.83. The molecule has 140 valence electrons. The molecule has 0 aliphatic rings. The molecular weight excluding hydrogens is 360 g/mol. The average Bonchev–Trinajstić information content (AvgIpc) is 3.09. The Labute approximate surface area is 163 Å². The van der Waals surface area contributed by atoms with Gasteiger partial charge in [-0.3, -0.25) is 4.79 Å². The van der Waals surface area contributed by atoms with Crippen molar-refractivity contribution in [3.05, 3.63) is 71.9 Å². The molecule has 1 aromatic heterocycles. The van der Waals surface area contributed by atoms with Crippen LogP contribution in [0, 0.1) is 5.92 Å². The monoisotopic (exact) mass is 382 g/mol. The molecule has 0 unspecified atom stereocenters. The lowest BCUT2D eigenvalue weighted by Crippen LogP contribution is -2.45. The highest BCUT2D eigenvalue weighted by Crippen LogP contribution is 2.19. The highest BCUT2D eigenvalue weighted by atomic mass is 32.1. The Hall–Kier alpha value is -2.73. The van der Waals surface area contributed by atoms with Crippen molar-refractivity contribution in [3.8, 4) is 0 Å². The molecular formula is C21H22N2O3S. The zero-order chi connectivity index (χ0) is 19.2. The van der Waals surface area contributed by atoms with Crippen molar-refractivity contribution in [1.29, 1.82) is 0 Å². The number of rotatable bonds is 8. The fraction of sp³-hybridized carbons (Fsp3) is 0.238. The van der Waals surface area contributed by atoms with Crippen LogP contribution in [0.3, 0.4) is 0 Å². The molecule has 0 aliphatic carbocycles. The van der Waals surface area contributed by atoms with Gasteiger partial charge in [0.05, 0.1) is 5.92 Å². The number of nitrogens with one attached hydrogen (secondary N) is 2. The van der Waals surface area contributed by atoms with Crippen LogP contribution in [0.15, 0.2) is 60.8 Å². The van der Waals surface area contributed by atoms with Crippen LogP contribution in [0.25, 0.3) is 10.9 Å². The second-order valence-corrected chi connectivity index (χ2v) is 6.90. The van der Waals surface area contributed by atoms with Crippen molar-refractivity contribution in [3.63, 3.8) is 0 Å². The fourth-order valence-corrected chi connectivity index (χ4v) is 3.44. The third-order valence-corrected chi connectivity index (χ3v) is 5.07. The van der Waals surface area contributed by atoms with Crippen LogP contribution in [-0.4, -0.2) is 33.8 Å². The summed E-state index contributed by atoms with van der Waals surface area (Å²) < 4.78 is 0. The predicted octanol–water partition coefficient (Wildman–Crippen LogP) is 3.07. The molecule has 5 nitrogen and oxygen atoms in total. The second kappa shape index (κ2) is 8.77. The number of hydrogen-bond acceptors (Lipinski definition) is 3. The lowest BCUT2D eigenvalue weighted by atomic mass is 9.99. The Morgan fingerprint density at radius 2 is 1.74 bits per heavy atom. The van der Waals surface area contributed by atoms with Gasteiger partial charge in [0, 0.05) is 29.3 Å². The standard InChI is InChI=1S/C21H22N2O3S/c24-20(16(13-27)10-14-6-2-1-3-7-14)23-19(21(25)26)11-15-12-22-18-9-5-4-8-17(15)18/h1-9,12,16,19,22,27H,10-11,13H2,(H,23,24)(H,25,26)/t16-,19-/m1/s1. The lowest BCUT2D eigenvalue weighted by Gasteiger charge is -2.19. The Morgan fingerprint density at radius 1 is 1.04 bits per heavy atom. The number of benzene rings is 2. The number of carboxylic acids is 1. The zero-order valence-electron chi connectivity index (χ0n) is 14.8. The first kappa shape index (κ1) is 19.0. The number of amides is 1. The number of H-pyrrole nitrogens is 1. The van der Waals surface area contributed by atoms with Gasteiger partial charge >= 0.3 is 5.97 Å². The van der Waals surface area contributed by atoms with Crippen molar-refractivity contribution < 1.29 is 14.7 Å². The van der Waals surface area contributed by atoms with Crippen LogP contribution >= 0.6 is 12.6 Å². The average molecular weight is 382 g/mol. The molecule has 0 fully saturated rings. The van der Waals surface area contributed by atoms with Gasteiger partial charge in [0.2, 0.25) is 5.91 Å². The molecule has 3 N–H and O–H groups in total. The number of aliphatic carboxylic acids is 1. The van der Waals surface area contributed by atoms with Gasteiger partial charge in [-0.25, -0.2) is 4.79 Å². The first-order valence-electron chi connectivity index (χ1n) is 8.81. The van der Waals surface area contributed by atoms with Crippen LogP contribution in [0.1, 0.15) is 11.1 Å². The van der Waals surface area contributed by atoms with Gasteiger partial charge in [0.1, 0.15) is 6.04 Å². The number of carbonyl (C=O) groups is 2. The molecule has 0 bridgehead atoms. The number of aromatic nitrogens is 1. The van der Waals surface area contributed by atoms with Crippen LogP contribution in [0.4, 0.5) is 0 Å². The number of carbonyl (C=O) groups excluding carboxylic acids is 1. The van der Waals surface area contributed by atoms with E-state index in [9.17, 15) is 14.7 Å². The smallest absolute Gasteiger partial charge is 0.326 e. The third-order valence-electron chi connectivity index (χ3n) is 4.63. The topological polar surface area (TPSA) is 82.2 Å². The van der Waals surface area contributed by atoms with E-state index in [1.54, 1.807) is 6.20 Å². The van der Waals surface area contributed by atoms with Gasteiger partial charge in [-0.15, -0.1) is 0 Å². The van der Waals surface area contributed by atoms with Crippen molar-refractivity contribution in [2.45, 2.75) is 18.9 Å². The molecule has 3 rings (SSSR count). The Balaban J connectivity index is 1.71. The van der Waals surface area contributed by atoms with Crippen molar-refractivity contribution >= 4 is 35.4 Å². The maximum Gasteiger partial charge on any atom is 0.326 e. The van der Waals surface area contributed by atoms with Crippen LogP contribution in [0.5, 0.6) is 0 Å². The minimum absolute atomic E-state index is 0.218. The number of thiol groups is 1. The minimum atomic E-state index is -1.05. The van der Waals surface area contributed by atoms with Crippen molar-refractivity contribution in [2.24, 2.45) is 5.92 Å². The molecule has 1 amide bonds. The summed E-state index contributed by atoms with van der Waals surface area (Å²) in [5.74, 6) is -1.38. The number of fused-ring (bicyclic) bond motifs is 1. The molecule has 27 heavy (non-hydrogen) atoms. The maximum absolute atomic E-state index is 12.7. The highest BCUT2D eigenvalue weighted by molar-refractivity contribution is 7.80. The van der Waals surface area contributed by atoms with Gasteiger partial charge in [-0.05, 0) is 23.6 Å². The van der Waals surface area contributed by atoms with Crippen LogP contribution in [-0.2, 0) is 22.4 Å². The first-order chi connectivity index (χ1) is 13.1. The summed E-state index contributed by atoms with van der Waals surface area (Å²) in [7, 11) is 0. The summed E-state index contributed by atoms with van der Waals surface area (Å²) in [4.78, 5) is 27.5. The van der Waals surface area contributed by atoms with Gasteiger partial charge in [0.25, 0.3) is 0 Å². The molecule has 0 saturated heterocycles. The van der Waals surface area contributed by atoms with Gasteiger partial charge in [0.15, 0.2) is 0 Å². The van der Waals surface area contributed by atoms with Crippen molar-refractivity contribution in [2.75, 3.05) is 5.75 Å². The Morgan fingerprint density at radius 3 is 2.44 bits per heavy atom. The van der Waals surface area contributed by atoms with E-state index in [-0.39, 0.29) is 18.2 Å². The number of carboxylic acid groups (broad SMARTS) is 1. The second-order valence-electron chi connectivity index (χ2n) is 6.53. The summed E-state index contributed by atoms with van der Waals surface area (Å²) in [6.07, 6.45) is 2.54. The summed E-state index contributed by atoms with van der Waals surface area (Å²) >= 11 is 4.28. The fourth-order valence-electron chi connectivity index (χ4n) is 3.15. The van der Waals surface area contributed by atoms with E-state index in [1.165, 1.54) is 0 Å². The molecule has 0 spiro atoms. The van der Waals surface area contributed by atoms with Crippen LogP contribution in [0.2, 0.25) is 0 Å². The maximum atomic E-state index is 12.7. The van der Waals surface area contributed by atoms with E-state index >= 15 is 0 Å². The van der Waals surface area contributed by atoms with Crippen molar-refractivity contribution in [1.82, 2.24) is 10.3 Å². The quantitative estimate of drug-likeness (QED) is 0.452. The van der Waals surface area contributed by atoms with Gasteiger partial charge in [-0.1, -0.05) is 48.5 Å². The van der Waals surface area contributed by atoms with E-state index < -0.39 is 12.0 Å². The van der Waals surface area contributed by atoms with Gasteiger partial charge < -0.3 is 15.4 Å². The van der Waals surface area contributed by atoms with E-state index in [0.29, 0.717) is 12.2 Å². The van der Waals surface area contributed by atoms with E-state index in [0.717, 1.165) is 22.0 Å². The van der Waals surface area contributed by atoms with Gasteiger partial charge in [-0.2, -0.15) is 12.6 Å². The zero-order valence-corrected chi connectivity index (χ0v) is 15.7. The number of aromatic amines is 1. The van der Waals surface area contributed by atoms with E-state index in [2.05, 4.69) is 22.9 Å². The minimum Gasteiger partial charge on any atom is -0.480 e. The van der Waals surface area contributed by atoms with Crippen LogP contribution < -0.4 is 5.32 Å². The predicted molar refractivity (Wildman–Crippen MR) is 109 cm³/mol. The first-order valence-corrected chi connectivity index (χ1v) is 9.44. The molecule has 3 aromatic rings. The molecule has 0 aliphatic heterocycles.